The Hall–Kier alpha value is -2.22. The summed E-state index contributed by atoms with van der Waals surface area (Å²) in [4.78, 5) is 10.6. The maximum Gasteiger partial charge on any atom is 0.311 e. The molecular formula is C11H12N4O3S. The molecule has 0 unspecified atom stereocenters. The van der Waals surface area contributed by atoms with E-state index in [1.165, 1.54) is 17.4 Å². The van der Waals surface area contributed by atoms with E-state index in [2.05, 4.69) is 10.2 Å². The van der Waals surface area contributed by atoms with Crippen LogP contribution in [0.2, 0.25) is 0 Å². The number of nitrogens with zero attached hydrogens (tertiary/aromatic N) is 3. The summed E-state index contributed by atoms with van der Waals surface area (Å²) >= 11 is 1.19. The maximum atomic E-state index is 11.0. The first-order chi connectivity index (χ1) is 8.97. The summed E-state index contributed by atoms with van der Waals surface area (Å²) in [6.07, 6.45) is 0. The van der Waals surface area contributed by atoms with Gasteiger partial charge in [-0.3, -0.25) is 10.1 Å². The van der Waals surface area contributed by atoms with Crippen LogP contribution in [0, 0.1) is 24.0 Å². The monoisotopic (exact) mass is 280 g/mol. The molecule has 0 radical (unpaired) electrons. The number of ether oxygens (including phenoxy) is 1. The average Bonchev–Trinajstić information content (AvgIpc) is 2.73. The number of nitro benzene ring substituents is 1. The minimum absolute atomic E-state index is 0.0463. The van der Waals surface area contributed by atoms with E-state index in [0.29, 0.717) is 15.7 Å². The van der Waals surface area contributed by atoms with Crippen molar-refractivity contribution in [3.8, 4) is 5.75 Å². The molecule has 1 heterocycles. The first-order valence-corrected chi connectivity index (χ1v) is 6.25. The Labute approximate surface area is 113 Å². The molecular weight excluding hydrogens is 268 g/mol. The largest absolute Gasteiger partial charge is 0.479 e. The number of nitrogens with two attached hydrogens (primary N) is 1. The van der Waals surface area contributed by atoms with Crippen molar-refractivity contribution in [2.45, 2.75) is 20.5 Å². The van der Waals surface area contributed by atoms with Crippen molar-refractivity contribution in [3.05, 3.63) is 38.4 Å². The SMILES string of the molecule is Cc1cc(C)c(OCc2nnc(N)s2)c([N+](=O)[O-])c1. The molecule has 2 rings (SSSR count). The van der Waals surface area contributed by atoms with Crippen LogP contribution in [-0.4, -0.2) is 15.1 Å². The van der Waals surface area contributed by atoms with Gasteiger partial charge in [0.15, 0.2) is 10.8 Å². The smallest absolute Gasteiger partial charge is 0.311 e. The highest BCUT2D eigenvalue weighted by Gasteiger charge is 2.19. The average molecular weight is 280 g/mol. The predicted octanol–water partition coefficient (Wildman–Crippen LogP) is 2.22. The lowest BCUT2D eigenvalue weighted by atomic mass is 10.1. The van der Waals surface area contributed by atoms with E-state index in [4.69, 9.17) is 10.5 Å². The Kier molecular flexibility index (Phi) is 3.61. The number of hydrogen-bond donors (Lipinski definition) is 1. The number of rotatable bonds is 4. The van der Waals surface area contributed by atoms with Gasteiger partial charge >= 0.3 is 5.69 Å². The normalized spacial score (nSPS) is 10.4. The molecule has 19 heavy (non-hydrogen) atoms. The van der Waals surface area contributed by atoms with Gasteiger partial charge in [0.05, 0.1) is 4.92 Å². The van der Waals surface area contributed by atoms with Gasteiger partial charge in [-0.15, -0.1) is 10.2 Å². The van der Waals surface area contributed by atoms with Crippen molar-refractivity contribution >= 4 is 22.2 Å². The van der Waals surface area contributed by atoms with Gasteiger partial charge in [-0.1, -0.05) is 17.4 Å². The number of nitrogen functional groups attached to an aromatic ring is 1. The van der Waals surface area contributed by atoms with Crippen LogP contribution in [0.1, 0.15) is 16.1 Å². The lowest BCUT2D eigenvalue weighted by Crippen LogP contribution is -2.01. The maximum absolute atomic E-state index is 11.0. The second-order valence-electron chi connectivity index (χ2n) is 4.01. The molecule has 0 saturated heterocycles. The molecule has 0 aliphatic heterocycles. The molecule has 0 amide bonds. The van der Waals surface area contributed by atoms with Crippen LogP contribution in [0.4, 0.5) is 10.8 Å². The minimum Gasteiger partial charge on any atom is -0.479 e. The molecule has 0 aliphatic rings. The van der Waals surface area contributed by atoms with Crippen LogP contribution in [0.25, 0.3) is 0 Å². The van der Waals surface area contributed by atoms with Crippen LogP contribution >= 0.6 is 11.3 Å². The van der Waals surface area contributed by atoms with Gasteiger partial charge in [-0.25, -0.2) is 0 Å². The second kappa shape index (κ2) is 5.19. The van der Waals surface area contributed by atoms with E-state index >= 15 is 0 Å². The van der Waals surface area contributed by atoms with E-state index in [1.807, 2.05) is 6.07 Å². The van der Waals surface area contributed by atoms with Crippen LogP contribution < -0.4 is 10.5 Å². The van der Waals surface area contributed by atoms with Gasteiger partial charge in [0.25, 0.3) is 0 Å². The van der Waals surface area contributed by atoms with Gasteiger partial charge in [-0.2, -0.15) is 0 Å². The summed E-state index contributed by atoms with van der Waals surface area (Å²) in [6, 6.07) is 3.31. The Morgan fingerprint density at radius 3 is 2.74 bits per heavy atom. The van der Waals surface area contributed by atoms with Crippen LogP contribution in [0.5, 0.6) is 5.75 Å². The quantitative estimate of drug-likeness (QED) is 0.680. The molecule has 0 bridgehead atoms. The third-order valence-electron chi connectivity index (χ3n) is 2.42. The Morgan fingerprint density at radius 2 is 2.16 bits per heavy atom. The molecule has 8 heteroatoms. The van der Waals surface area contributed by atoms with E-state index in [9.17, 15) is 10.1 Å². The first kappa shape index (κ1) is 13.2. The van der Waals surface area contributed by atoms with Crippen LogP contribution in [-0.2, 0) is 6.61 Å². The number of anilines is 1. The standard InChI is InChI=1S/C11H12N4O3S/c1-6-3-7(2)10(8(4-6)15(16)17)18-5-9-13-14-11(12)19-9/h3-4H,5H2,1-2H3,(H2,12,14). The molecule has 100 valence electrons. The fourth-order valence-electron chi connectivity index (χ4n) is 1.71. The Bertz CT molecular complexity index is 626. The molecule has 2 aromatic rings. The first-order valence-electron chi connectivity index (χ1n) is 5.43. The Morgan fingerprint density at radius 1 is 1.42 bits per heavy atom. The van der Waals surface area contributed by atoms with Gasteiger partial charge in [0.2, 0.25) is 5.13 Å². The molecule has 0 spiro atoms. The van der Waals surface area contributed by atoms with Crippen molar-refractivity contribution in [2.75, 3.05) is 5.73 Å². The molecule has 0 fully saturated rings. The summed E-state index contributed by atoms with van der Waals surface area (Å²) in [5.41, 5.74) is 6.94. The summed E-state index contributed by atoms with van der Waals surface area (Å²) in [5, 5.41) is 19.4. The van der Waals surface area contributed by atoms with Crippen molar-refractivity contribution in [2.24, 2.45) is 0 Å². The number of aryl methyl sites for hydroxylation is 2. The third-order valence-corrected chi connectivity index (χ3v) is 3.14. The molecule has 0 saturated carbocycles. The highest BCUT2D eigenvalue weighted by molar-refractivity contribution is 7.15. The van der Waals surface area contributed by atoms with Gasteiger partial charge in [0, 0.05) is 6.07 Å². The molecule has 1 aromatic heterocycles. The van der Waals surface area contributed by atoms with Crippen molar-refractivity contribution < 1.29 is 9.66 Å². The van der Waals surface area contributed by atoms with Gasteiger partial charge in [0.1, 0.15) is 6.61 Å². The fourth-order valence-corrected chi connectivity index (χ4v) is 2.24. The zero-order valence-electron chi connectivity index (χ0n) is 10.4. The summed E-state index contributed by atoms with van der Waals surface area (Å²) in [5.74, 6) is 0.254. The predicted molar refractivity (Wildman–Crippen MR) is 71.2 cm³/mol. The molecule has 0 atom stereocenters. The topological polar surface area (TPSA) is 104 Å². The zero-order chi connectivity index (χ0) is 14.0. The Balaban J connectivity index is 2.26. The number of nitro groups is 1. The minimum atomic E-state index is -0.455. The number of benzene rings is 1. The molecule has 1 aromatic carbocycles. The molecule has 7 nitrogen and oxygen atoms in total. The number of aromatic nitrogens is 2. The van der Waals surface area contributed by atoms with E-state index in [0.717, 1.165) is 5.56 Å². The van der Waals surface area contributed by atoms with E-state index < -0.39 is 4.92 Å². The summed E-state index contributed by atoms with van der Waals surface area (Å²) in [7, 11) is 0. The van der Waals surface area contributed by atoms with Crippen molar-refractivity contribution in [3.63, 3.8) is 0 Å². The lowest BCUT2D eigenvalue weighted by molar-refractivity contribution is -0.386. The highest BCUT2D eigenvalue weighted by Crippen LogP contribution is 2.32. The highest BCUT2D eigenvalue weighted by atomic mass is 32.1. The van der Waals surface area contributed by atoms with Crippen molar-refractivity contribution in [1.82, 2.24) is 10.2 Å². The molecule has 0 aliphatic carbocycles. The summed E-state index contributed by atoms with van der Waals surface area (Å²) < 4.78 is 5.49. The van der Waals surface area contributed by atoms with E-state index in [1.54, 1.807) is 13.8 Å². The third kappa shape index (κ3) is 2.97. The van der Waals surface area contributed by atoms with Crippen molar-refractivity contribution in [1.29, 1.82) is 0 Å². The second-order valence-corrected chi connectivity index (χ2v) is 5.10. The number of hydrogen-bond acceptors (Lipinski definition) is 7. The lowest BCUT2D eigenvalue weighted by Gasteiger charge is -2.08. The van der Waals surface area contributed by atoms with E-state index in [-0.39, 0.29) is 18.0 Å². The van der Waals surface area contributed by atoms with Gasteiger partial charge < -0.3 is 10.5 Å². The van der Waals surface area contributed by atoms with Gasteiger partial charge in [-0.05, 0) is 25.0 Å². The molecule has 2 N–H and O–H groups in total. The van der Waals surface area contributed by atoms with Crippen LogP contribution in [0.15, 0.2) is 12.1 Å². The zero-order valence-corrected chi connectivity index (χ0v) is 11.2. The fraction of sp³-hybridized carbons (Fsp3) is 0.273. The van der Waals surface area contributed by atoms with Crippen LogP contribution in [0.3, 0.4) is 0 Å². The summed E-state index contributed by atoms with van der Waals surface area (Å²) in [6.45, 7) is 3.68.